The van der Waals surface area contributed by atoms with Crippen LogP contribution in [0.3, 0.4) is 0 Å². The van der Waals surface area contributed by atoms with Gasteiger partial charge in [0.05, 0.1) is 11.5 Å². The second kappa shape index (κ2) is 5.70. The second-order valence-electron chi connectivity index (χ2n) is 3.95. The molecule has 0 aromatic carbocycles. The average Bonchev–Trinajstić information content (AvgIpc) is 2.23. The molecule has 0 aromatic rings. The standard InChI is InChI=1S/C10H20N2O3/c1-4-7(11)8(13)12-6-10(3,5-2)9(14)15/h7H,4-6,11H2,1-3H3,(H,12,13)(H,14,15)/t7-,10?/m1/s1. The summed E-state index contributed by atoms with van der Waals surface area (Å²) in [6.45, 7) is 5.30. The SMILES string of the molecule is CC[C@@H](N)C(=O)NCC(C)(CC)C(=O)O. The fourth-order valence-electron chi connectivity index (χ4n) is 0.951. The van der Waals surface area contributed by atoms with Crippen molar-refractivity contribution in [2.75, 3.05) is 6.54 Å². The van der Waals surface area contributed by atoms with Gasteiger partial charge < -0.3 is 16.2 Å². The van der Waals surface area contributed by atoms with E-state index in [-0.39, 0.29) is 12.5 Å². The van der Waals surface area contributed by atoms with Gasteiger partial charge in [-0.1, -0.05) is 13.8 Å². The lowest BCUT2D eigenvalue weighted by atomic mass is 9.87. The van der Waals surface area contributed by atoms with E-state index in [0.29, 0.717) is 12.8 Å². The molecule has 5 nitrogen and oxygen atoms in total. The molecule has 0 heterocycles. The number of carbonyl (C=O) groups excluding carboxylic acids is 1. The molecule has 15 heavy (non-hydrogen) atoms. The van der Waals surface area contributed by atoms with E-state index in [1.807, 2.05) is 0 Å². The summed E-state index contributed by atoms with van der Waals surface area (Å²) in [5.74, 6) is -1.20. The summed E-state index contributed by atoms with van der Waals surface area (Å²) in [6.07, 6.45) is 1.01. The Hall–Kier alpha value is -1.10. The molecule has 5 heteroatoms. The normalized spacial score (nSPS) is 16.5. The molecule has 0 bridgehead atoms. The number of carboxylic acid groups (broad SMARTS) is 1. The van der Waals surface area contributed by atoms with Crippen LogP contribution in [-0.2, 0) is 9.59 Å². The first-order chi connectivity index (χ1) is 6.87. The van der Waals surface area contributed by atoms with Gasteiger partial charge in [0.2, 0.25) is 5.91 Å². The van der Waals surface area contributed by atoms with Crippen molar-refractivity contribution in [1.82, 2.24) is 5.32 Å². The van der Waals surface area contributed by atoms with Crippen LogP contribution < -0.4 is 11.1 Å². The highest BCUT2D eigenvalue weighted by Gasteiger charge is 2.31. The van der Waals surface area contributed by atoms with Crippen molar-refractivity contribution in [3.8, 4) is 0 Å². The van der Waals surface area contributed by atoms with Gasteiger partial charge in [-0.2, -0.15) is 0 Å². The van der Waals surface area contributed by atoms with Crippen molar-refractivity contribution in [1.29, 1.82) is 0 Å². The molecule has 2 atom stereocenters. The first kappa shape index (κ1) is 13.9. The molecule has 88 valence electrons. The third-order valence-electron chi connectivity index (χ3n) is 2.73. The van der Waals surface area contributed by atoms with Crippen LogP contribution in [-0.4, -0.2) is 29.6 Å². The summed E-state index contributed by atoms with van der Waals surface area (Å²) < 4.78 is 0. The lowest BCUT2D eigenvalue weighted by Gasteiger charge is -2.24. The van der Waals surface area contributed by atoms with E-state index in [9.17, 15) is 9.59 Å². The first-order valence-electron chi connectivity index (χ1n) is 5.14. The van der Waals surface area contributed by atoms with Crippen molar-refractivity contribution < 1.29 is 14.7 Å². The summed E-state index contributed by atoms with van der Waals surface area (Å²) in [4.78, 5) is 22.3. The monoisotopic (exact) mass is 216 g/mol. The van der Waals surface area contributed by atoms with E-state index in [2.05, 4.69) is 5.32 Å². The number of hydrogen-bond donors (Lipinski definition) is 3. The molecule has 0 aliphatic carbocycles. The zero-order valence-electron chi connectivity index (χ0n) is 9.54. The van der Waals surface area contributed by atoms with Crippen LogP contribution in [0.25, 0.3) is 0 Å². The number of nitrogens with one attached hydrogen (secondary N) is 1. The van der Waals surface area contributed by atoms with Crippen LogP contribution in [0.5, 0.6) is 0 Å². The molecular formula is C10H20N2O3. The Morgan fingerprint density at radius 1 is 1.47 bits per heavy atom. The molecule has 4 N–H and O–H groups in total. The van der Waals surface area contributed by atoms with Crippen molar-refractivity contribution in [2.24, 2.45) is 11.1 Å². The molecule has 0 spiro atoms. The zero-order valence-corrected chi connectivity index (χ0v) is 9.54. The minimum absolute atomic E-state index is 0.116. The van der Waals surface area contributed by atoms with Crippen LogP contribution >= 0.6 is 0 Å². The van der Waals surface area contributed by atoms with Gasteiger partial charge >= 0.3 is 5.97 Å². The summed E-state index contributed by atoms with van der Waals surface area (Å²) in [6, 6.07) is -0.556. The largest absolute Gasteiger partial charge is 0.481 e. The van der Waals surface area contributed by atoms with E-state index in [4.69, 9.17) is 10.8 Å². The average molecular weight is 216 g/mol. The molecule has 0 fully saturated rings. The quantitative estimate of drug-likeness (QED) is 0.597. The highest BCUT2D eigenvalue weighted by Crippen LogP contribution is 2.19. The third-order valence-corrected chi connectivity index (χ3v) is 2.73. The smallest absolute Gasteiger partial charge is 0.311 e. The van der Waals surface area contributed by atoms with Gasteiger partial charge in [0.15, 0.2) is 0 Å². The molecule has 1 amide bonds. The minimum atomic E-state index is -0.914. The number of aliphatic carboxylic acids is 1. The highest BCUT2D eigenvalue weighted by atomic mass is 16.4. The van der Waals surface area contributed by atoms with Crippen LogP contribution in [0, 0.1) is 5.41 Å². The van der Waals surface area contributed by atoms with E-state index in [1.54, 1.807) is 20.8 Å². The van der Waals surface area contributed by atoms with Crippen molar-refractivity contribution >= 4 is 11.9 Å². The lowest BCUT2D eigenvalue weighted by molar-refractivity contribution is -0.148. The van der Waals surface area contributed by atoms with Gasteiger partial charge in [0.1, 0.15) is 0 Å². The molecule has 0 rings (SSSR count). The Morgan fingerprint density at radius 2 is 2.00 bits per heavy atom. The molecule has 0 saturated heterocycles. The number of hydrogen-bond acceptors (Lipinski definition) is 3. The molecule has 0 aliphatic heterocycles. The predicted octanol–water partition coefficient (Wildman–Crippen LogP) is 0.341. The number of carbonyl (C=O) groups is 2. The van der Waals surface area contributed by atoms with Gasteiger partial charge in [-0.25, -0.2) is 0 Å². The molecule has 0 aromatic heterocycles. The zero-order chi connectivity index (χ0) is 12.1. The van der Waals surface area contributed by atoms with E-state index in [0.717, 1.165) is 0 Å². The van der Waals surface area contributed by atoms with Gasteiger partial charge in [-0.3, -0.25) is 9.59 Å². The Morgan fingerprint density at radius 3 is 2.33 bits per heavy atom. The second-order valence-corrected chi connectivity index (χ2v) is 3.95. The van der Waals surface area contributed by atoms with Crippen molar-refractivity contribution in [3.05, 3.63) is 0 Å². The summed E-state index contributed by atoms with van der Waals surface area (Å²) in [7, 11) is 0. The molecule has 0 aliphatic rings. The number of nitrogens with two attached hydrogens (primary N) is 1. The maximum atomic E-state index is 11.3. The predicted molar refractivity (Wildman–Crippen MR) is 57.3 cm³/mol. The van der Waals surface area contributed by atoms with Crippen LogP contribution in [0.2, 0.25) is 0 Å². The van der Waals surface area contributed by atoms with E-state index in [1.165, 1.54) is 0 Å². The summed E-state index contributed by atoms with van der Waals surface area (Å²) >= 11 is 0. The lowest BCUT2D eigenvalue weighted by Crippen LogP contribution is -2.46. The number of amides is 1. The fraction of sp³-hybridized carbons (Fsp3) is 0.800. The number of carboxylic acids is 1. The fourth-order valence-corrected chi connectivity index (χ4v) is 0.951. The highest BCUT2D eigenvalue weighted by molar-refractivity contribution is 5.82. The number of rotatable bonds is 6. The first-order valence-corrected chi connectivity index (χ1v) is 5.14. The van der Waals surface area contributed by atoms with Crippen molar-refractivity contribution in [3.63, 3.8) is 0 Å². The summed E-state index contributed by atoms with van der Waals surface area (Å²) in [5, 5.41) is 11.5. The van der Waals surface area contributed by atoms with Crippen LogP contribution in [0.4, 0.5) is 0 Å². The van der Waals surface area contributed by atoms with E-state index < -0.39 is 17.4 Å². The Bertz CT molecular complexity index is 243. The Balaban J connectivity index is 4.24. The summed E-state index contributed by atoms with van der Waals surface area (Å²) in [5.41, 5.74) is 4.59. The Labute approximate surface area is 90.0 Å². The van der Waals surface area contributed by atoms with Gasteiger partial charge in [0.25, 0.3) is 0 Å². The topological polar surface area (TPSA) is 92.4 Å². The molecule has 1 unspecified atom stereocenters. The van der Waals surface area contributed by atoms with E-state index >= 15 is 0 Å². The molecule has 0 saturated carbocycles. The van der Waals surface area contributed by atoms with Gasteiger partial charge in [-0.15, -0.1) is 0 Å². The molecular weight excluding hydrogens is 196 g/mol. The Kier molecular flexibility index (Phi) is 5.28. The minimum Gasteiger partial charge on any atom is -0.481 e. The maximum Gasteiger partial charge on any atom is 0.311 e. The van der Waals surface area contributed by atoms with Crippen LogP contribution in [0.15, 0.2) is 0 Å². The third kappa shape index (κ3) is 3.87. The van der Waals surface area contributed by atoms with Gasteiger partial charge in [0, 0.05) is 6.54 Å². The maximum absolute atomic E-state index is 11.3. The van der Waals surface area contributed by atoms with Crippen molar-refractivity contribution in [2.45, 2.75) is 39.7 Å². The van der Waals surface area contributed by atoms with Gasteiger partial charge in [-0.05, 0) is 19.8 Å². The van der Waals surface area contributed by atoms with Crippen LogP contribution in [0.1, 0.15) is 33.6 Å². The molecule has 0 radical (unpaired) electrons.